The standard InChI is InChI=1S/C12H17NO3S/c1-9-8-11(16-10-4-2-3-5-10)6-7-12(9)17(13,14)15/h6-8,10H,2-5H2,1H3,(H2,13,14,15). The Kier molecular flexibility index (Phi) is 3.40. The molecule has 0 aliphatic heterocycles. The lowest BCUT2D eigenvalue weighted by atomic mass is 10.2. The van der Waals surface area contributed by atoms with E-state index < -0.39 is 10.0 Å². The van der Waals surface area contributed by atoms with Crippen molar-refractivity contribution in [3.63, 3.8) is 0 Å². The second-order valence-corrected chi connectivity index (χ2v) is 6.03. The molecule has 1 saturated carbocycles. The lowest BCUT2D eigenvalue weighted by Crippen LogP contribution is -2.14. The van der Waals surface area contributed by atoms with Gasteiger partial charge in [-0.2, -0.15) is 0 Å². The van der Waals surface area contributed by atoms with Gasteiger partial charge in [0, 0.05) is 0 Å². The van der Waals surface area contributed by atoms with E-state index in [1.165, 1.54) is 18.9 Å². The first-order valence-corrected chi connectivity index (χ1v) is 7.31. The fourth-order valence-corrected chi connectivity index (χ4v) is 2.98. The Bertz CT molecular complexity index is 504. The summed E-state index contributed by atoms with van der Waals surface area (Å²) in [4.78, 5) is 0.163. The van der Waals surface area contributed by atoms with Crippen LogP contribution in [-0.2, 0) is 10.0 Å². The molecule has 4 nitrogen and oxygen atoms in total. The van der Waals surface area contributed by atoms with E-state index in [0.29, 0.717) is 5.56 Å². The Labute approximate surface area is 102 Å². The average Bonchev–Trinajstić information content (AvgIpc) is 2.68. The number of hydrogen-bond acceptors (Lipinski definition) is 3. The molecular weight excluding hydrogens is 238 g/mol. The molecule has 1 fully saturated rings. The van der Waals surface area contributed by atoms with E-state index in [1.807, 2.05) is 0 Å². The zero-order chi connectivity index (χ0) is 12.5. The fraction of sp³-hybridized carbons (Fsp3) is 0.500. The maximum atomic E-state index is 11.2. The number of aryl methyl sites for hydroxylation is 1. The van der Waals surface area contributed by atoms with Crippen LogP contribution in [0.4, 0.5) is 0 Å². The molecule has 1 aromatic rings. The zero-order valence-electron chi connectivity index (χ0n) is 9.85. The van der Waals surface area contributed by atoms with Gasteiger partial charge in [-0.25, -0.2) is 13.6 Å². The zero-order valence-corrected chi connectivity index (χ0v) is 10.7. The van der Waals surface area contributed by atoms with E-state index in [-0.39, 0.29) is 11.0 Å². The van der Waals surface area contributed by atoms with Gasteiger partial charge in [0.05, 0.1) is 11.0 Å². The molecule has 0 spiro atoms. The minimum Gasteiger partial charge on any atom is -0.490 e. The Morgan fingerprint density at radius 3 is 2.47 bits per heavy atom. The molecule has 2 rings (SSSR count). The van der Waals surface area contributed by atoms with Crippen LogP contribution in [0.2, 0.25) is 0 Å². The number of sulfonamides is 1. The molecule has 0 heterocycles. The van der Waals surface area contributed by atoms with E-state index in [0.717, 1.165) is 18.6 Å². The van der Waals surface area contributed by atoms with Crippen LogP contribution >= 0.6 is 0 Å². The Balaban J connectivity index is 2.19. The van der Waals surface area contributed by atoms with Gasteiger partial charge in [0.1, 0.15) is 5.75 Å². The molecule has 0 radical (unpaired) electrons. The number of benzene rings is 1. The van der Waals surface area contributed by atoms with Gasteiger partial charge in [0.25, 0.3) is 0 Å². The first-order chi connectivity index (χ1) is 7.97. The molecule has 1 aliphatic carbocycles. The first kappa shape index (κ1) is 12.4. The second kappa shape index (κ2) is 4.66. The molecule has 94 valence electrons. The Morgan fingerprint density at radius 2 is 1.94 bits per heavy atom. The molecule has 0 atom stereocenters. The van der Waals surface area contributed by atoms with Crippen LogP contribution in [0.25, 0.3) is 0 Å². The van der Waals surface area contributed by atoms with Crippen molar-refractivity contribution in [2.45, 2.75) is 43.6 Å². The summed E-state index contributed by atoms with van der Waals surface area (Å²) < 4.78 is 28.3. The molecule has 0 aromatic heterocycles. The third kappa shape index (κ3) is 2.98. The van der Waals surface area contributed by atoms with E-state index in [9.17, 15) is 8.42 Å². The largest absolute Gasteiger partial charge is 0.490 e. The first-order valence-electron chi connectivity index (χ1n) is 5.77. The number of hydrogen-bond donors (Lipinski definition) is 1. The van der Waals surface area contributed by atoms with Crippen molar-refractivity contribution in [3.05, 3.63) is 23.8 Å². The number of rotatable bonds is 3. The van der Waals surface area contributed by atoms with Gasteiger partial charge in [0.2, 0.25) is 10.0 Å². The summed E-state index contributed by atoms with van der Waals surface area (Å²) in [5, 5.41) is 5.10. The monoisotopic (exact) mass is 255 g/mol. The van der Waals surface area contributed by atoms with Gasteiger partial charge >= 0.3 is 0 Å². The summed E-state index contributed by atoms with van der Waals surface area (Å²) in [7, 11) is -3.63. The second-order valence-electron chi connectivity index (χ2n) is 4.50. The number of primary sulfonamides is 1. The van der Waals surface area contributed by atoms with Gasteiger partial charge in [-0.1, -0.05) is 0 Å². The van der Waals surface area contributed by atoms with Crippen LogP contribution in [0.1, 0.15) is 31.2 Å². The van der Waals surface area contributed by atoms with Crippen molar-refractivity contribution >= 4 is 10.0 Å². The smallest absolute Gasteiger partial charge is 0.238 e. The molecular formula is C12H17NO3S. The minimum atomic E-state index is -3.63. The van der Waals surface area contributed by atoms with Gasteiger partial charge in [-0.15, -0.1) is 0 Å². The minimum absolute atomic E-state index is 0.163. The molecule has 0 saturated heterocycles. The third-order valence-electron chi connectivity index (χ3n) is 3.06. The lowest BCUT2D eigenvalue weighted by molar-refractivity contribution is 0.210. The third-order valence-corrected chi connectivity index (χ3v) is 4.13. The summed E-state index contributed by atoms with van der Waals surface area (Å²) in [6, 6.07) is 4.91. The van der Waals surface area contributed by atoms with Crippen molar-refractivity contribution < 1.29 is 13.2 Å². The van der Waals surface area contributed by atoms with E-state index in [1.54, 1.807) is 19.1 Å². The molecule has 0 amide bonds. The number of nitrogens with two attached hydrogens (primary N) is 1. The van der Waals surface area contributed by atoms with Gasteiger partial charge in [0.15, 0.2) is 0 Å². The highest BCUT2D eigenvalue weighted by molar-refractivity contribution is 7.89. The predicted octanol–water partition coefficient (Wildman–Crippen LogP) is 1.96. The lowest BCUT2D eigenvalue weighted by Gasteiger charge is -2.14. The van der Waals surface area contributed by atoms with Crippen LogP contribution in [0.15, 0.2) is 23.1 Å². The van der Waals surface area contributed by atoms with Gasteiger partial charge in [-0.3, -0.25) is 0 Å². The van der Waals surface area contributed by atoms with Crippen LogP contribution in [0.3, 0.4) is 0 Å². The summed E-state index contributed by atoms with van der Waals surface area (Å²) in [6.07, 6.45) is 4.85. The summed E-state index contributed by atoms with van der Waals surface area (Å²) in [5.41, 5.74) is 0.628. The molecule has 0 unspecified atom stereocenters. The fourth-order valence-electron chi connectivity index (χ4n) is 2.21. The highest BCUT2D eigenvalue weighted by atomic mass is 32.2. The van der Waals surface area contributed by atoms with Crippen molar-refractivity contribution in [1.29, 1.82) is 0 Å². The molecule has 1 aliphatic rings. The number of ether oxygens (including phenoxy) is 1. The van der Waals surface area contributed by atoms with Crippen molar-refractivity contribution in [2.75, 3.05) is 0 Å². The van der Waals surface area contributed by atoms with Crippen molar-refractivity contribution in [3.8, 4) is 5.75 Å². The quantitative estimate of drug-likeness (QED) is 0.897. The van der Waals surface area contributed by atoms with Crippen LogP contribution in [-0.4, -0.2) is 14.5 Å². The van der Waals surface area contributed by atoms with Crippen molar-refractivity contribution in [1.82, 2.24) is 0 Å². The normalized spacial score (nSPS) is 17.3. The van der Waals surface area contributed by atoms with Crippen LogP contribution in [0.5, 0.6) is 5.75 Å². The molecule has 17 heavy (non-hydrogen) atoms. The van der Waals surface area contributed by atoms with E-state index >= 15 is 0 Å². The van der Waals surface area contributed by atoms with Gasteiger partial charge < -0.3 is 4.74 Å². The predicted molar refractivity (Wildman–Crippen MR) is 65.4 cm³/mol. The van der Waals surface area contributed by atoms with Crippen molar-refractivity contribution in [2.24, 2.45) is 5.14 Å². The van der Waals surface area contributed by atoms with E-state index in [2.05, 4.69) is 0 Å². The molecule has 2 N–H and O–H groups in total. The maximum Gasteiger partial charge on any atom is 0.238 e. The Morgan fingerprint density at radius 1 is 1.29 bits per heavy atom. The summed E-state index contributed by atoms with van der Waals surface area (Å²) in [6.45, 7) is 1.72. The molecule has 5 heteroatoms. The van der Waals surface area contributed by atoms with Crippen LogP contribution in [0, 0.1) is 6.92 Å². The van der Waals surface area contributed by atoms with Crippen LogP contribution < -0.4 is 9.88 Å². The Hall–Kier alpha value is -1.07. The summed E-state index contributed by atoms with van der Waals surface area (Å²) >= 11 is 0. The average molecular weight is 255 g/mol. The van der Waals surface area contributed by atoms with E-state index in [4.69, 9.17) is 9.88 Å². The summed E-state index contributed by atoms with van der Waals surface area (Å²) in [5.74, 6) is 0.724. The highest BCUT2D eigenvalue weighted by Gasteiger charge is 2.17. The SMILES string of the molecule is Cc1cc(OC2CCCC2)ccc1S(N)(=O)=O. The molecule has 0 bridgehead atoms. The molecule has 1 aromatic carbocycles. The maximum absolute atomic E-state index is 11.2. The van der Waals surface area contributed by atoms with Gasteiger partial charge in [-0.05, 0) is 56.4 Å². The topological polar surface area (TPSA) is 69.4 Å². The highest BCUT2D eigenvalue weighted by Crippen LogP contribution is 2.26.